The highest BCUT2D eigenvalue weighted by Gasteiger charge is 2.39. The molecular formula is C12H24N2O2. The molecule has 0 saturated carbocycles. The molecule has 94 valence electrons. The van der Waals surface area contributed by atoms with E-state index in [1.165, 1.54) is 0 Å². The maximum Gasteiger partial charge on any atom is 0.224 e. The molecule has 1 amide bonds. The Morgan fingerprint density at radius 1 is 1.69 bits per heavy atom. The Morgan fingerprint density at radius 2 is 2.38 bits per heavy atom. The third-order valence-corrected chi connectivity index (χ3v) is 3.59. The molecule has 3 N–H and O–H groups in total. The fourth-order valence-corrected chi connectivity index (χ4v) is 2.09. The maximum absolute atomic E-state index is 12.0. The molecular weight excluding hydrogens is 204 g/mol. The van der Waals surface area contributed by atoms with E-state index in [9.17, 15) is 4.79 Å². The average molecular weight is 228 g/mol. The van der Waals surface area contributed by atoms with Crippen molar-refractivity contribution >= 4 is 5.91 Å². The van der Waals surface area contributed by atoms with E-state index >= 15 is 0 Å². The van der Waals surface area contributed by atoms with Crippen LogP contribution in [0.15, 0.2) is 0 Å². The monoisotopic (exact) mass is 228 g/mol. The van der Waals surface area contributed by atoms with Gasteiger partial charge in [0, 0.05) is 13.2 Å². The first kappa shape index (κ1) is 13.5. The van der Waals surface area contributed by atoms with Gasteiger partial charge >= 0.3 is 0 Å². The Kier molecular flexibility index (Phi) is 4.74. The van der Waals surface area contributed by atoms with Crippen LogP contribution in [0.2, 0.25) is 0 Å². The molecule has 0 aromatic heterocycles. The molecule has 16 heavy (non-hydrogen) atoms. The largest absolute Gasteiger partial charge is 0.376 e. The predicted octanol–water partition coefficient (Wildman–Crippen LogP) is 1.05. The van der Waals surface area contributed by atoms with Crippen molar-refractivity contribution in [3.8, 4) is 0 Å². The first-order chi connectivity index (χ1) is 7.53. The summed E-state index contributed by atoms with van der Waals surface area (Å²) in [7, 11) is 0. The fourth-order valence-electron chi connectivity index (χ4n) is 2.09. The number of carbonyl (C=O) groups excluding carboxylic acids is 1. The molecule has 1 fully saturated rings. The van der Waals surface area contributed by atoms with Gasteiger partial charge in [-0.2, -0.15) is 0 Å². The van der Waals surface area contributed by atoms with E-state index in [0.717, 1.165) is 25.9 Å². The molecule has 3 unspecified atom stereocenters. The van der Waals surface area contributed by atoms with Gasteiger partial charge in [0.15, 0.2) is 0 Å². The van der Waals surface area contributed by atoms with Crippen LogP contribution in [0.3, 0.4) is 0 Å². The lowest BCUT2D eigenvalue weighted by Crippen LogP contribution is -2.53. The summed E-state index contributed by atoms with van der Waals surface area (Å²) in [5.41, 5.74) is 5.40. The van der Waals surface area contributed by atoms with E-state index in [4.69, 9.17) is 10.5 Å². The van der Waals surface area contributed by atoms with Gasteiger partial charge in [0.1, 0.15) is 0 Å². The number of ether oxygens (including phenoxy) is 1. The Morgan fingerprint density at radius 3 is 2.81 bits per heavy atom. The zero-order chi connectivity index (χ0) is 12.2. The average Bonchev–Trinajstić information content (AvgIpc) is 2.55. The number of hydrogen-bond acceptors (Lipinski definition) is 3. The highest BCUT2D eigenvalue weighted by molar-refractivity contribution is 5.79. The first-order valence-electron chi connectivity index (χ1n) is 6.17. The Bertz CT molecular complexity index is 245. The van der Waals surface area contributed by atoms with Gasteiger partial charge < -0.3 is 15.8 Å². The molecule has 4 heteroatoms. The van der Waals surface area contributed by atoms with Crippen LogP contribution in [0.1, 0.15) is 40.0 Å². The summed E-state index contributed by atoms with van der Waals surface area (Å²) in [5, 5.41) is 3.10. The third-order valence-electron chi connectivity index (χ3n) is 3.59. The van der Waals surface area contributed by atoms with Crippen LogP contribution in [-0.4, -0.2) is 30.7 Å². The molecule has 0 bridgehead atoms. The second-order valence-electron chi connectivity index (χ2n) is 4.89. The molecule has 1 aliphatic heterocycles. The number of nitrogens with one attached hydrogen (secondary N) is 1. The van der Waals surface area contributed by atoms with Crippen LogP contribution in [0, 0.1) is 5.92 Å². The second-order valence-corrected chi connectivity index (χ2v) is 4.89. The number of hydrogen-bond donors (Lipinski definition) is 2. The summed E-state index contributed by atoms with van der Waals surface area (Å²) in [6.45, 7) is 7.26. The van der Waals surface area contributed by atoms with Crippen LogP contribution >= 0.6 is 0 Å². The van der Waals surface area contributed by atoms with Crippen LogP contribution in [0.5, 0.6) is 0 Å². The second kappa shape index (κ2) is 5.64. The number of rotatable bonds is 5. The number of carbonyl (C=O) groups is 1. The maximum atomic E-state index is 12.0. The van der Waals surface area contributed by atoms with Crippen LogP contribution in [0.25, 0.3) is 0 Å². The van der Waals surface area contributed by atoms with Gasteiger partial charge in [-0.15, -0.1) is 0 Å². The lowest BCUT2D eigenvalue weighted by molar-refractivity contribution is -0.127. The van der Waals surface area contributed by atoms with Crippen molar-refractivity contribution in [3.05, 3.63) is 0 Å². The highest BCUT2D eigenvalue weighted by Crippen LogP contribution is 2.25. The van der Waals surface area contributed by atoms with Crippen molar-refractivity contribution in [2.45, 2.75) is 51.7 Å². The van der Waals surface area contributed by atoms with Crippen molar-refractivity contribution in [3.63, 3.8) is 0 Å². The van der Waals surface area contributed by atoms with Gasteiger partial charge in [-0.3, -0.25) is 4.79 Å². The summed E-state index contributed by atoms with van der Waals surface area (Å²) < 4.78 is 5.50. The normalized spacial score (nSPS) is 31.4. The minimum Gasteiger partial charge on any atom is -0.376 e. The molecule has 1 heterocycles. The number of nitrogens with two attached hydrogens (primary N) is 1. The molecule has 1 saturated heterocycles. The standard InChI is InChI=1S/C12H24N2O2/c1-4-5-10(8-13)11(15)14-12(3)6-7-16-9(12)2/h9-10H,4-8,13H2,1-3H3,(H,14,15). The Balaban J connectivity index is 2.55. The quantitative estimate of drug-likeness (QED) is 0.739. The predicted molar refractivity (Wildman–Crippen MR) is 64.0 cm³/mol. The smallest absolute Gasteiger partial charge is 0.224 e. The van der Waals surface area contributed by atoms with Gasteiger partial charge in [-0.05, 0) is 26.7 Å². The van der Waals surface area contributed by atoms with Crippen molar-refractivity contribution in [2.75, 3.05) is 13.2 Å². The Hall–Kier alpha value is -0.610. The van der Waals surface area contributed by atoms with Crippen LogP contribution in [0.4, 0.5) is 0 Å². The van der Waals surface area contributed by atoms with Crippen molar-refractivity contribution in [2.24, 2.45) is 11.7 Å². The molecule has 0 aromatic carbocycles. The van der Waals surface area contributed by atoms with E-state index in [2.05, 4.69) is 12.2 Å². The van der Waals surface area contributed by atoms with E-state index < -0.39 is 0 Å². The first-order valence-corrected chi connectivity index (χ1v) is 6.17. The lowest BCUT2D eigenvalue weighted by atomic mass is 9.92. The van der Waals surface area contributed by atoms with Crippen molar-refractivity contribution < 1.29 is 9.53 Å². The summed E-state index contributed by atoms with van der Waals surface area (Å²) in [4.78, 5) is 12.0. The van der Waals surface area contributed by atoms with Gasteiger partial charge in [-0.1, -0.05) is 13.3 Å². The fraction of sp³-hybridized carbons (Fsp3) is 0.917. The highest BCUT2D eigenvalue weighted by atomic mass is 16.5. The van der Waals surface area contributed by atoms with Gasteiger partial charge in [0.25, 0.3) is 0 Å². The van der Waals surface area contributed by atoms with E-state index in [0.29, 0.717) is 6.54 Å². The molecule has 1 aliphatic rings. The van der Waals surface area contributed by atoms with E-state index in [-0.39, 0.29) is 23.5 Å². The summed E-state index contributed by atoms with van der Waals surface area (Å²) in [6.07, 6.45) is 2.80. The lowest BCUT2D eigenvalue weighted by Gasteiger charge is -2.30. The molecule has 0 radical (unpaired) electrons. The van der Waals surface area contributed by atoms with Gasteiger partial charge in [0.2, 0.25) is 5.91 Å². The van der Waals surface area contributed by atoms with Gasteiger partial charge in [0.05, 0.1) is 17.6 Å². The summed E-state index contributed by atoms with van der Waals surface area (Å²) in [5.74, 6) is 0.0128. The molecule has 3 atom stereocenters. The SMILES string of the molecule is CCCC(CN)C(=O)NC1(C)CCOC1C. The molecule has 1 rings (SSSR count). The van der Waals surface area contributed by atoms with Crippen LogP contribution < -0.4 is 11.1 Å². The zero-order valence-corrected chi connectivity index (χ0v) is 10.6. The van der Waals surface area contributed by atoms with Crippen molar-refractivity contribution in [1.82, 2.24) is 5.32 Å². The van der Waals surface area contributed by atoms with Crippen molar-refractivity contribution in [1.29, 1.82) is 0 Å². The van der Waals surface area contributed by atoms with E-state index in [1.807, 2.05) is 13.8 Å². The molecule has 0 aliphatic carbocycles. The van der Waals surface area contributed by atoms with E-state index in [1.54, 1.807) is 0 Å². The van der Waals surface area contributed by atoms with Crippen LogP contribution in [-0.2, 0) is 9.53 Å². The zero-order valence-electron chi connectivity index (χ0n) is 10.6. The Labute approximate surface area is 97.9 Å². The minimum atomic E-state index is -0.224. The molecule has 4 nitrogen and oxygen atoms in total. The summed E-state index contributed by atoms with van der Waals surface area (Å²) >= 11 is 0. The molecule has 0 spiro atoms. The van der Waals surface area contributed by atoms with Gasteiger partial charge in [-0.25, -0.2) is 0 Å². The topological polar surface area (TPSA) is 64.4 Å². The summed E-state index contributed by atoms with van der Waals surface area (Å²) in [6, 6.07) is 0. The molecule has 0 aromatic rings. The minimum absolute atomic E-state index is 0.0605. The number of amides is 1. The third kappa shape index (κ3) is 2.95.